The molecule has 8 nitrogen and oxygen atoms in total. The summed E-state index contributed by atoms with van der Waals surface area (Å²) in [6, 6.07) is 7.18. The molecule has 4 atom stereocenters. The molecule has 1 spiro atoms. The minimum Gasteiger partial charge on any atom is -0.454 e. The second-order valence-electron chi connectivity index (χ2n) is 7.80. The fraction of sp³-hybridized carbons (Fsp3) is 0.526. The Kier molecular flexibility index (Phi) is 3.36. The average molecular weight is 401 g/mol. The van der Waals surface area contributed by atoms with Crippen LogP contribution in [0.2, 0.25) is 0 Å². The van der Waals surface area contributed by atoms with Gasteiger partial charge >= 0.3 is 0 Å². The van der Waals surface area contributed by atoms with E-state index >= 15 is 0 Å². The standard InChI is InChI=1S/C19H19N3O5S/c1-17-15(23)22-14(11-4-5-12-13(6-11)27-10-26-12)18(8-20,9-25-3)7-19(22,28-17)16(24)21(17)2/h4-6,14H,7,9-10H2,1-3H3/t14-,17?,18+,19?/m0/s1. The zero-order chi connectivity index (χ0) is 19.9. The number of carbonyl (C=O) groups excluding carboxylic acids is 2. The van der Waals surface area contributed by atoms with Gasteiger partial charge in [0.05, 0.1) is 18.7 Å². The molecule has 5 rings (SSSR count). The molecule has 0 aromatic heterocycles. The van der Waals surface area contributed by atoms with E-state index in [-0.39, 0.29) is 31.6 Å². The summed E-state index contributed by atoms with van der Waals surface area (Å²) in [6.07, 6.45) is 0.221. The number of hydrogen-bond donors (Lipinski definition) is 0. The summed E-state index contributed by atoms with van der Waals surface area (Å²) in [5.41, 5.74) is -0.312. The number of nitriles is 1. The number of fused-ring (bicyclic) bond motifs is 2. The number of thioether (sulfide) groups is 1. The molecule has 4 aliphatic rings. The summed E-state index contributed by atoms with van der Waals surface area (Å²) in [6.45, 7) is 2.02. The summed E-state index contributed by atoms with van der Waals surface area (Å²) in [5.74, 6) is 0.896. The second-order valence-corrected chi connectivity index (χ2v) is 9.48. The zero-order valence-corrected chi connectivity index (χ0v) is 16.5. The Bertz CT molecular complexity index is 963. The predicted octanol–water partition coefficient (Wildman–Crippen LogP) is 1.48. The van der Waals surface area contributed by atoms with Gasteiger partial charge in [-0.25, -0.2) is 0 Å². The topological polar surface area (TPSA) is 92.1 Å². The van der Waals surface area contributed by atoms with Gasteiger partial charge in [-0.05, 0) is 24.6 Å². The van der Waals surface area contributed by atoms with E-state index in [0.717, 1.165) is 5.56 Å². The summed E-state index contributed by atoms with van der Waals surface area (Å²) in [7, 11) is 3.18. The molecule has 1 aromatic rings. The summed E-state index contributed by atoms with van der Waals surface area (Å²) < 4.78 is 16.3. The lowest BCUT2D eigenvalue weighted by Gasteiger charge is -2.40. The molecule has 0 radical (unpaired) electrons. The Labute approximate surface area is 166 Å². The van der Waals surface area contributed by atoms with Gasteiger partial charge in [-0.15, -0.1) is 0 Å². The fourth-order valence-corrected chi connectivity index (χ4v) is 6.89. The number of piperazine rings is 1. The highest BCUT2D eigenvalue weighted by Crippen LogP contribution is 2.69. The molecule has 9 heteroatoms. The van der Waals surface area contributed by atoms with Gasteiger partial charge in [0, 0.05) is 20.6 Å². The van der Waals surface area contributed by atoms with E-state index < -0.39 is 21.2 Å². The van der Waals surface area contributed by atoms with Gasteiger partial charge in [0.25, 0.3) is 11.8 Å². The first-order chi connectivity index (χ1) is 13.3. The molecule has 2 unspecified atom stereocenters. The highest BCUT2D eigenvalue weighted by Gasteiger charge is 2.79. The van der Waals surface area contributed by atoms with Crippen LogP contribution in [0, 0.1) is 16.7 Å². The quantitative estimate of drug-likeness (QED) is 0.757. The number of nitrogens with zero attached hydrogens (tertiary/aromatic N) is 3. The highest BCUT2D eigenvalue weighted by atomic mass is 32.2. The molecular formula is C19H19N3O5S. The molecule has 3 fully saturated rings. The number of benzene rings is 1. The molecular weight excluding hydrogens is 382 g/mol. The van der Waals surface area contributed by atoms with Crippen molar-refractivity contribution in [2.45, 2.75) is 29.1 Å². The fourth-order valence-electron chi connectivity index (χ4n) is 4.99. The molecule has 2 amide bonds. The lowest BCUT2D eigenvalue weighted by Crippen LogP contribution is -2.60. The van der Waals surface area contributed by atoms with E-state index in [2.05, 4.69) is 6.07 Å². The van der Waals surface area contributed by atoms with Crippen molar-refractivity contribution >= 4 is 23.6 Å². The maximum absolute atomic E-state index is 13.5. The van der Waals surface area contributed by atoms with Crippen molar-refractivity contribution in [2.75, 3.05) is 27.6 Å². The molecule has 0 saturated carbocycles. The van der Waals surface area contributed by atoms with E-state index in [0.29, 0.717) is 11.5 Å². The van der Waals surface area contributed by atoms with Crippen LogP contribution in [0.25, 0.3) is 0 Å². The summed E-state index contributed by atoms with van der Waals surface area (Å²) >= 11 is 1.33. The Morgan fingerprint density at radius 3 is 2.79 bits per heavy atom. The van der Waals surface area contributed by atoms with E-state index in [1.807, 2.05) is 6.07 Å². The van der Waals surface area contributed by atoms with Crippen LogP contribution in [0.1, 0.15) is 24.9 Å². The molecule has 146 valence electrons. The van der Waals surface area contributed by atoms with Crippen LogP contribution in [0.15, 0.2) is 18.2 Å². The maximum Gasteiger partial charge on any atom is 0.261 e. The van der Waals surface area contributed by atoms with Gasteiger partial charge in [0.1, 0.15) is 5.41 Å². The lowest BCUT2D eigenvalue weighted by molar-refractivity contribution is -0.159. The first-order valence-corrected chi connectivity index (χ1v) is 9.77. The Hall–Kier alpha value is -2.44. The van der Waals surface area contributed by atoms with Gasteiger partial charge in [0.2, 0.25) is 6.79 Å². The maximum atomic E-state index is 13.5. The van der Waals surface area contributed by atoms with Gasteiger partial charge in [-0.3, -0.25) is 9.59 Å². The first kappa shape index (κ1) is 17.6. The van der Waals surface area contributed by atoms with Crippen molar-refractivity contribution in [3.8, 4) is 17.6 Å². The SMILES string of the molecule is COC[C@]1(C#N)CC23SC(C)(C(=O)N2[C@H]1c1ccc2c(c1)OCO2)N(C)C3=O. The van der Waals surface area contributed by atoms with E-state index in [1.54, 1.807) is 31.0 Å². The second kappa shape index (κ2) is 5.33. The van der Waals surface area contributed by atoms with Crippen molar-refractivity contribution in [1.29, 1.82) is 5.26 Å². The van der Waals surface area contributed by atoms with E-state index in [9.17, 15) is 14.9 Å². The normalized spacial score (nSPS) is 37.6. The minimum atomic E-state index is -1.09. The van der Waals surface area contributed by atoms with Crippen LogP contribution in [-0.4, -0.2) is 58.9 Å². The number of likely N-dealkylation sites (N-methyl/N-ethyl adjacent to an activating group) is 1. The third kappa shape index (κ3) is 1.80. The summed E-state index contributed by atoms with van der Waals surface area (Å²) in [4.78, 5) is 27.7. The average Bonchev–Trinajstić information content (AvgIpc) is 3.36. The molecule has 4 aliphatic heterocycles. The van der Waals surface area contributed by atoms with Crippen molar-refractivity contribution in [2.24, 2.45) is 5.41 Å². The number of rotatable bonds is 3. The van der Waals surface area contributed by atoms with Crippen LogP contribution < -0.4 is 9.47 Å². The number of amides is 2. The third-order valence-electron chi connectivity index (χ3n) is 6.32. The first-order valence-electron chi connectivity index (χ1n) is 8.95. The van der Waals surface area contributed by atoms with E-state index in [1.165, 1.54) is 23.8 Å². The number of hydrogen-bond acceptors (Lipinski definition) is 7. The summed E-state index contributed by atoms with van der Waals surface area (Å²) in [5, 5.41) is 10.2. The zero-order valence-electron chi connectivity index (χ0n) is 15.7. The van der Waals surface area contributed by atoms with Gasteiger partial charge in [-0.2, -0.15) is 5.26 Å². The molecule has 0 aliphatic carbocycles. The van der Waals surface area contributed by atoms with Crippen molar-refractivity contribution in [3.63, 3.8) is 0 Å². The molecule has 3 saturated heterocycles. The van der Waals surface area contributed by atoms with E-state index in [4.69, 9.17) is 14.2 Å². The lowest BCUT2D eigenvalue weighted by atomic mass is 9.78. The predicted molar refractivity (Wildman–Crippen MR) is 98.2 cm³/mol. The smallest absolute Gasteiger partial charge is 0.261 e. The van der Waals surface area contributed by atoms with Crippen LogP contribution in [0.5, 0.6) is 11.5 Å². The molecule has 2 bridgehead atoms. The Balaban J connectivity index is 1.71. The Morgan fingerprint density at radius 2 is 2.07 bits per heavy atom. The van der Waals surface area contributed by atoms with Crippen LogP contribution in [0.4, 0.5) is 0 Å². The third-order valence-corrected chi connectivity index (χ3v) is 8.02. The number of ether oxygens (including phenoxy) is 3. The van der Waals surface area contributed by atoms with Crippen molar-refractivity contribution in [1.82, 2.24) is 9.80 Å². The number of carbonyl (C=O) groups is 2. The minimum absolute atomic E-state index is 0.113. The Morgan fingerprint density at radius 1 is 1.32 bits per heavy atom. The van der Waals surface area contributed by atoms with Gasteiger partial charge < -0.3 is 24.0 Å². The monoisotopic (exact) mass is 401 g/mol. The highest BCUT2D eigenvalue weighted by molar-refractivity contribution is 8.04. The molecule has 28 heavy (non-hydrogen) atoms. The van der Waals surface area contributed by atoms with Crippen molar-refractivity contribution in [3.05, 3.63) is 23.8 Å². The van der Waals surface area contributed by atoms with Gasteiger partial charge in [-0.1, -0.05) is 17.8 Å². The molecule has 1 aromatic carbocycles. The largest absolute Gasteiger partial charge is 0.454 e. The van der Waals surface area contributed by atoms with Crippen LogP contribution >= 0.6 is 11.8 Å². The number of methoxy groups -OCH3 is 1. The van der Waals surface area contributed by atoms with Crippen LogP contribution in [-0.2, 0) is 14.3 Å². The molecule has 4 heterocycles. The molecule has 0 N–H and O–H groups in total. The van der Waals surface area contributed by atoms with Gasteiger partial charge in [0.15, 0.2) is 21.2 Å². The van der Waals surface area contributed by atoms with Crippen LogP contribution in [0.3, 0.4) is 0 Å². The van der Waals surface area contributed by atoms with Crippen molar-refractivity contribution < 1.29 is 23.8 Å².